The Kier molecular flexibility index (Phi) is 4.92. The monoisotopic (exact) mass is 258 g/mol. The standard InChI is InChI=1S/C10H18N4O2S/c1-10(2,8(15)16)6-4-5-7-17-9-11-12-13-14(9)3/h4-7H2,1-3H3,(H,15,16). The van der Waals surface area contributed by atoms with Gasteiger partial charge in [0, 0.05) is 12.8 Å². The summed E-state index contributed by atoms with van der Waals surface area (Å²) in [4.78, 5) is 10.9. The SMILES string of the molecule is Cn1nnnc1SCCCCC(C)(C)C(=O)O. The van der Waals surface area contributed by atoms with Gasteiger partial charge in [-0.15, -0.1) is 5.10 Å². The third-order valence-electron chi connectivity index (χ3n) is 2.59. The molecule has 0 radical (unpaired) electrons. The second kappa shape index (κ2) is 6.00. The van der Waals surface area contributed by atoms with Gasteiger partial charge in [0.05, 0.1) is 5.41 Å². The topological polar surface area (TPSA) is 80.9 Å². The molecule has 0 saturated carbocycles. The number of carboxylic acid groups (broad SMARTS) is 1. The Morgan fingerprint density at radius 1 is 1.47 bits per heavy atom. The molecule has 0 aromatic carbocycles. The van der Waals surface area contributed by atoms with E-state index in [1.54, 1.807) is 37.3 Å². The molecule has 1 rings (SSSR count). The van der Waals surface area contributed by atoms with Crippen LogP contribution in [0.4, 0.5) is 0 Å². The van der Waals surface area contributed by atoms with Crippen LogP contribution in [0.25, 0.3) is 0 Å². The number of thioether (sulfide) groups is 1. The molecule has 1 aromatic heterocycles. The van der Waals surface area contributed by atoms with Crippen LogP contribution >= 0.6 is 11.8 Å². The van der Waals surface area contributed by atoms with E-state index < -0.39 is 11.4 Å². The van der Waals surface area contributed by atoms with E-state index in [4.69, 9.17) is 5.11 Å². The Balaban J connectivity index is 2.17. The quantitative estimate of drug-likeness (QED) is 0.591. The number of nitrogens with zero attached hydrogens (tertiary/aromatic N) is 4. The van der Waals surface area contributed by atoms with E-state index in [-0.39, 0.29) is 0 Å². The molecule has 1 N–H and O–H groups in total. The Bertz CT molecular complexity index is 378. The fourth-order valence-corrected chi connectivity index (χ4v) is 2.13. The van der Waals surface area contributed by atoms with Gasteiger partial charge in [0.25, 0.3) is 0 Å². The Hall–Kier alpha value is -1.11. The number of carboxylic acids is 1. The molecule has 0 saturated heterocycles. The normalized spacial score (nSPS) is 11.7. The van der Waals surface area contributed by atoms with Crippen LogP contribution in [0, 0.1) is 5.41 Å². The van der Waals surface area contributed by atoms with Crippen LogP contribution in [-0.4, -0.2) is 37.0 Å². The lowest BCUT2D eigenvalue weighted by atomic mass is 9.88. The molecular formula is C10H18N4O2S. The molecule has 0 atom stereocenters. The van der Waals surface area contributed by atoms with Crippen LogP contribution in [0.3, 0.4) is 0 Å². The van der Waals surface area contributed by atoms with Gasteiger partial charge in [-0.25, -0.2) is 4.68 Å². The molecule has 1 aromatic rings. The molecule has 0 aliphatic carbocycles. The van der Waals surface area contributed by atoms with E-state index in [9.17, 15) is 4.79 Å². The molecule has 0 amide bonds. The van der Waals surface area contributed by atoms with E-state index in [2.05, 4.69) is 15.5 Å². The predicted octanol–water partition coefficient (Wildman–Crippen LogP) is 1.58. The van der Waals surface area contributed by atoms with Crippen molar-refractivity contribution in [2.24, 2.45) is 12.5 Å². The summed E-state index contributed by atoms with van der Waals surface area (Å²) in [6.45, 7) is 3.52. The fraction of sp³-hybridized carbons (Fsp3) is 0.800. The van der Waals surface area contributed by atoms with Crippen molar-refractivity contribution in [1.29, 1.82) is 0 Å². The lowest BCUT2D eigenvalue weighted by Crippen LogP contribution is -2.23. The number of hydrogen-bond donors (Lipinski definition) is 1. The van der Waals surface area contributed by atoms with Gasteiger partial charge in [0.1, 0.15) is 0 Å². The van der Waals surface area contributed by atoms with Crippen LogP contribution in [-0.2, 0) is 11.8 Å². The molecule has 0 bridgehead atoms. The Morgan fingerprint density at radius 2 is 2.18 bits per heavy atom. The van der Waals surface area contributed by atoms with Crippen molar-refractivity contribution >= 4 is 17.7 Å². The van der Waals surface area contributed by atoms with Gasteiger partial charge in [-0.05, 0) is 37.1 Å². The van der Waals surface area contributed by atoms with Gasteiger partial charge >= 0.3 is 5.97 Å². The minimum Gasteiger partial charge on any atom is -0.481 e. The highest BCUT2D eigenvalue weighted by Crippen LogP contribution is 2.24. The number of rotatable bonds is 7. The summed E-state index contributed by atoms with van der Waals surface area (Å²) in [6, 6.07) is 0. The zero-order chi connectivity index (χ0) is 12.9. The van der Waals surface area contributed by atoms with Crippen molar-refractivity contribution in [3.05, 3.63) is 0 Å². The lowest BCUT2D eigenvalue weighted by molar-refractivity contribution is -0.147. The molecular weight excluding hydrogens is 240 g/mol. The third-order valence-corrected chi connectivity index (χ3v) is 3.68. The molecule has 7 heteroatoms. The molecule has 0 fully saturated rings. The molecule has 1 heterocycles. The maximum Gasteiger partial charge on any atom is 0.309 e. The Labute approximate surface area is 105 Å². The smallest absolute Gasteiger partial charge is 0.309 e. The van der Waals surface area contributed by atoms with Gasteiger partial charge in [-0.3, -0.25) is 4.79 Å². The van der Waals surface area contributed by atoms with E-state index in [0.717, 1.165) is 23.8 Å². The van der Waals surface area contributed by atoms with Crippen molar-refractivity contribution < 1.29 is 9.90 Å². The van der Waals surface area contributed by atoms with E-state index >= 15 is 0 Å². The predicted molar refractivity (Wildman–Crippen MR) is 64.8 cm³/mol. The Morgan fingerprint density at radius 3 is 2.71 bits per heavy atom. The summed E-state index contributed by atoms with van der Waals surface area (Å²) in [5.41, 5.74) is -0.628. The summed E-state index contributed by atoms with van der Waals surface area (Å²) in [6.07, 6.45) is 2.56. The first-order valence-corrected chi connectivity index (χ1v) is 6.50. The second-order valence-electron chi connectivity index (χ2n) is 4.58. The van der Waals surface area contributed by atoms with E-state index in [0.29, 0.717) is 6.42 Å². The number of aliphatic carboxylic acids is 1. The minimum atomic E-state index is -0.734. The lowest BCUT2D eigenvalue weighted by Gasteiger charge is -2.18. The van der Waals surface area contributed by atoms with Crippen LogP contribution in [0.1, 0.15) is 33.1 Å². The van der Waals surface area contributed by atoms with Gasteiger partial charge in [-0.2, -0.15) is 0 Å². The van der Waals surface area contributed by atoms with Crippen LogP contribution in [0.15, 0.2) is 5.16 Å². The highest BCUT2D eigenvalue weighted by molar-refractivity contribution is 7.99. The van der Waals surface area contributed by atoms with Gasteiger partial charge in [-0.1, -0.05) is 18.2 Å². The molecule has 0 aliphatic heterocycles. The van der Waals surface area contributed by atoms with Crippen molar-refractivity contribution in [3.8, 4) is 0 Å². The number of aromatic nitrogens is 4. The highest BCUT2D eigenvalue weighted by atomic mass is 32.2. The number of aryl methyl sites for hydroxylation is 1. The van der Waals surface area contributed by atoms with E-state index in [1.807, 2.05) is 0 Å². The maximum atomic E-state index is 10.9. The number of unbranched alkanes of at least 4 members (excludes halogenated alkanes) is 1. The summed E-state index contributed by atoms with van der Waals surface area (Å²) in [7, 11) is 1.80. The average Bonchev–Trinajstić information content (AvgIpc) is 2.63. The fourth-order valence-electron chi connectivity index (χ4n) is 1.28. The number of tetrazole rings is 1. The third kappa shape index (κ3) is 4.33. The van der Waals surface area contributed by atoms with Gasteiger partial charge in [0.15, 0.2) is 0 Å². The van der Waals surface area contributed by atoms with Crippen LogP contribution < -0.4 is 0 Å². The van der Waals surface area contributed by atoms with Crippen LogP contribution in [0.5, 0.6) is 0 Å². The first-order valence-electron chi connectivity index (χ1n) is 5.52. The minimum absolute atomic E-state index is 0.628. The van der Waals surface area contributed by atoms with Crippen molar-refractivity contribution in [2.75, 3.05) is 5.75 Å². The largest absolute Gasteiger partial charge is 0.481 e. The summed E-state index contributed by atoms with van der Waals surface area (Å²) in [5, 5.41) is 20.9. The van der Waals surface area contributed by atoms with Crippen molar-refractivity contribution in [2.45, 2.75) is 38.3 Å². The highest BCUT2D eigenvalue weighted by Gasteiger charge is 2.25. The molecule has 96 valence electrons. The molecule has 0 aliphatic rings. The molecule has 17 heavy (non-hydrogen) atoms. The van der Waals surface area contributed by atoms with Crippen molar-refractivity contribution in [1.82, 2.24) is 20.2 Å². The first-order chi connectivity index (χ1) is 7.93. The number of carbonyl (C=O) groups is 1. The van der Waals surface area contributed by atoms with Gasteiger partial charge in [0.2, 0.25) is 5.16 Å². The first kappa shape index (κ1) is 14.0. The van der Waals surface area contributed by atoms with Crippen LogP contribution in [0.2, 0.25) is 0 Å². The molecule has 0 unspecified atom stereocenters. The zero-order valence-electron chi connectivity index (χ0n) is 10.4. The summed E-state index contributed by atoms with van der Waals surface area (Å²) < 4.78 is 1.63. The maximum absolute atomic E-state index is 10.9. The second-order valence-corrected chi connectivity index (χ2v) is 5.64. The van der Waals surface area contributed by atoms with E-state index in [1.165, 1.54) is 0 Å². The zero-order valence-corrected chi connectivity index (χ0v) is 11.2. The summed E-state index contributed by atoms with van der Waals surface area (Å²) >= 11 is 1.59. The van der Waals surface area contributed by atoms with Crippen molar-refractivity contribution in [3.63, 3.8) is 0 Å². The molecule has 6 nitrogen and oxygen atoms in total. The summed E-state index contributed by atoms with van der Waals surface area (Å²) in [5.74, 6) is 0.173. The molecule has 0 spiro atoms. The number of hydrogen-bond acceptors (Lipinski definition) is 5. The van der Waals surface area contributed by atoms with Gasteiger partial charge < -0.3 is 5.11 Å². The average molecular weight is 258 g/mol.